The van der Waals surface area contributed by atoms with Gasteiger partial charge in [0.15, 0.2) is 0 Å². The minimum absolute atomic E-state index is 0.0754. The largest absolute Gasteiger partial charge is 0.370 e. The van der Waals surface area contributed by atoms with Crippen LogP contribution < -0.4 is 21.1 Å². The van der Waals surface area contributed by atoms with Crippen LogP contribution in [0.5, 0.6) is 0 Å². The summed E-state index contributed by atoms with van der Waals surface area (Å²) in [7, 11) is 0. The van der Waals surface area contributed by atoms with Crippen molar-refractivity contribution in [3.8, 4) is 17.3 Å². The maximum atomic E-state index is 12.7. The summed E-state index contributed by atoms with van der Waals surface area (Å²) < 4.78 is 0. The number of nitrogens with zero attached hydrogens (tertiary/aromatic N) is 3. The average molecular weight is 430 g/mol. The van der Waals surface area contributed by atoms with E-state index < -0.39 is 0 Å². The zero-order valence-corrected chi connectivity index (χ0v) is 18.3. The van der Waals surface area contributed by atoms with Gasteiger partial charge in [-0.3, -0.25) is 10.2 Å². The molecule has 2 aromatic heterocycles. The number of carbonyl (C=O) groups excluding carboxylic acids is 1. The Balaban J connectivity index is 1.40. The van der Waals surface area contributed by atoms with E-state index in [2.05, 4.69) is 57.0 Å². The molecule has 2 aliphatic rings. The van der Waals surface area contributed by atoms with Crippen LogP contribution in [0.15, 0.2) is 36.5 Å². The van der Waals surface area contributed by atoms with Crippen LogP contribution in [0.4, 0.5) is 11.4 Å². The van der Waals surface area contributed by atoms with Crippen molar-refractivity contribution in [1.29, 1.82) is 5.26 Å². The number of fused-ring (bicyclic) bond motifs is 1. The second-order valence-corrected chi connectivity index (χ2v) is 8.79. The van der Waals surface area contributed by atoms with Gasteiger partial charge in [-0.2, -0.15) is 5.26 Å². The molecule has 1 aromatic carbocycles. The third-order valence-electron chi connectivity index (χ3n) is 6.68. The first-order chi connectivity index (χ1) is 15.5. The molecule has 3 unspecified atom stereocenters. The molecule has 5 rings (SSSR count). The summed E-state index contributed by atoms with van der Waals surface area (Å²) in [5.41, 5.74) is 11.2. The van der Waals surface area contributed by atoms with Gasteiger partial charge in [-0.05, 0) is 49.9 Å². The fourth-order valence-electron chi connectivity index (χ4n) is 4.55. The maximum absolute atomic E-state index is 12.7. The number of carbonyl (C=O) groups is 1. The van der Waals surface area contributed by atoms with Gasteiger partial charge in [-0.25, -0.2) is 10.4 Å². The van der Waals surface area contributed by atoms with E-state index >= 15 is 0 Å². The molecule has 2 saturated heterocycles. The molecule has 3 aromatic rings. The molecule has 4 heterocycles. The molecule has 164 valence electrons. The molecule has 2 fully saturated rings. The quantitative estimate of drug-likeness (QED) is 0.507. The molecular weight excluding hydrogens is 402 g/mol. The second-order valence-electron chi connectivity index (χ2n) is 8.79. The molecular formula is C24H27N7O. The van der Waals surface area contributed by atoms with E-state index in [4.69, 9.17) is 0 Å². The summed E-state index contributed by atoms with van der Waals surface area (Å²) >= 11 is 0. The van der Waals surface area contributed by atoms with Gasteiger partial charge in [-0.1, -0.05) is 13.0 Å². The lowest BCUT2D eigenvalue weighted by atomic mass is 9.97. The summed E-state index contributed by atoms with van der Waals surface area (Å²) in [6.45, 7) is 6.07. The molecule has 8 heteroatoms. The van der Waals surface area contributed by atoms with E-state index in [9.17, 15) is 10.1 Å². The van der Waals surface area contributed by atoms with E-state index in [0.717, 1.165) is 53.9 Å². The number of aromatic nitrogens is 2. The maximum Gasteiger partial charge on any atom is 0.243 e. The van der Waals surface area contributed by atoms with Gasteiger partial charge in [0.25, 0.3) is 0 Å². The summed E-state index contributed by atoms with van der Waals surface area (Å²) in [4.78, 5) is 22.8. The Labute approximate surface area is 187 Å². The number of pyridine rings is 1. The van der Waals surface area contributed by atoms with Crippen LogP contribution in [-0.2, 0) is 4.79 Å². The smallest absolute Gasteiger partial charge is 0.243 e. The number of rotatable bonds is 4. The third-order valence-corrected chi connectivity index (χ3v) is 6.68. The van der Waals surface area contributed by atoms with Crippen molar-refractivity contribution in [3.63, 3.8) is 0 Å². The van der Waals surface area contributed by atoms with E-state index in [1.54, 1.807) is 6.20 Å². The fraction of sp³-hybridized carbons (Fsp3) is 0.375. The Hall–Kier alpha value is -3.41. The molecule has 2 aliphatic heterocycles. The lowest BCUT2D eigenvalue weighted by Crippen LogP contribution is -2.41. The first-order valence-corrected chi connectivity index (χ1v) is 11.1. The topological polar surface area (TPSA) is 109 Å². The monoisotopic (exact) mass is 429 g/mol. The SMILES string of the molecule is CC1NNC(C(=O)Nc2cnc3[nH]c(-c4ccc(C#N)c(N5CCCC5)c4)cc3c2)C1C. The molecule has 3 atom stereocenters. The van der Waals surface area contributed by atoms with Crippen LogP contribution >= 0.6 is 0 Å². The number of anilines is 2. The Kier molecular flexibility index (Phi) is 5.29. The Morgan fingerprint density at radius 3 is 2.72 bits per heavy atom. The Morgan fingerprint density at radius 2 is 2.00 bits per heavy atom. The van der Waals surface area contributed by atoms with Gasteiger partial charge in [0, 0.05) is 35.8 Å². The standard InChI is InChI=1S/C24H27N7O/c1-14-15(2)29-30-22(14)24(32)27-19-9-18-10-20(28-23(18)26-13-19)16-5-6-17(12-25)21(11-16)31-7-3-4-8-31/h5-6,9-11,13-15,22,29-30H,3-4,7-8H2,1-2H3,(H,26,28)(H,27,32). The highest BCUT2D eigenvalue weighted by atomic mass is 16.2. The highest BCUT2D eigenvalue weighted by Gasteiger charge is 2.34. The van der Waals surface area contributed by atoms with Gasteiger partial charge in [0.1, 0.15) is 17.8 Å². The normalized spacial score (nSPS) is 22.9. The van der Waals surface area contributed by atoms with Crippen LogP contribution in [0.2, 0.25) is 0 Å². The number of aromatic amines is 1. The number of benzene rings is 1. The molecule has 8 nitrogen and oxygen atoms in total. The molecule has 0 bridgehead atoms. The molecule has 1 amide bonds. The lowest BCUT2D eigenvalue weighted by molar-refractivity contribution is -0.118. The lowest BCUT2D eigenvalue weighted by Gasteiger charge is -2.19. The number of H-pyrrole nitrogens is 1. The number of nitrogens with one attached hydrogen (secondary N) is 4. The summed E-state index contributed by atoms with van der Waals surface area (Å²) in [5, 5.41) is 13.4. The Morgan fingerprint density at radius 1 is 1.19 bits per heavy atom. The number of amides is 1. The summed E-state index contributed by atoms with van der Waals surface area (Å²) in [6.07, 6.45) is 3.99. The van der Waals surface area contributed by atoms with Crippen LogP contribution in [-0.4, -0.2) is 41.0 Å². The molecule has 32 heavy (non-hydrogen) atoms. The van der Waals surface area contributed by atoms with E-state index in [0.29, 0.717) is 11.3 Å². The highest BCUT2D eigenvalue weighted by Crippen LogP contribution is 2.31. The highest BCUT2D eigenvalue weighted by molar-refractivity contribution is 5.97. The van der Waals surface area contributed by atoms with Gasteiger partial charge in [0.2, 0.25) is 5.91 Å². The molecule has 0 aliphatic carbocycles. The minimum atomic E-state index is -0.287. The zero-order valence-electron chi connectivity index (χ0n) is 18.3. The number of hydrogen-bond donors (Lipinski definition) is 4. The molecule has 4 N–H and O–H groups in total. The summed E-state index contributed by atoms with van der Waals surface area (Å²) in [5.74, 6) is 0.111. The van der Waals surface area contributed by atoms with Gasteiger partial charge in [0.05, 0.1) is 23.1 Å². The van der Waals surface area contributed by atoms with Crippen molar-refractivity contribution in [2.24, 2.45) is 5.92 Å². The summed E-state index contributed by atoms with van der Waals surface area (Å²) in [6, 6.07) is 12.2. The fourth-order valence-corrected chi connectivity index (χ4v) is 4.55. The van der Waals surface area contributed by atoms with Crippen LogP contribution in [0.1, 0.15) is 32.3 Å². The van der Waals surface area contributed by atoms with Gasteiger partial charge < -0.3 is 15.2 Å². The van der Waals surface area contributed by atoms with Crippen molar-refractivity contribution in [2.45, 2.75) is 38.8 Å². The van der Waals surface area contributed by atoms with Gasteiger partial charge in [-0.15, -0.1) is 0 Å². The zero-order chi connectivity index (χ0) is 22.2. The predicted molar refractivity (Wildman–Crippen MR) is 125 cm³/mol. The van der Waals surface area contributed by atoms with E-state index in [1.807, 2.05) is 24.3 Å². The van der Waals surface area contributed by atoms with E-state index in [-0.39, 0.29) is 23.9 Å². The van der Waals surface area contributed by atoms with Gasteiger partial charge >= 0.3 is 0 Å². The predicted octanol–water partition coefficient (Wildman–Crippen LogP) is 3.14. The number of hydrogen-bond acceptors (Lipinski definition) is 6. The number of hydrazine groups is 1. The molecule has 0 radical (unpaired) electrons. The van der Waals surface area contributed by atoms with E-state index in [1.165, 1.54) is 0 Å². The van der Waals surface area contributed by atoms with Crippen LogP contribution in [0.3, 0.4) is 0 Å². The van der Waals surface area contributed by atoms with Crippen molar-refractivity contribution < 1.29 is 4.79 Å². The second kappa shape index (κ2) is 8.26. The van der Waals surface area contributed by atoms with Crippen LogP contribution in [0, 0.1) is 17.2 Å². The van der Waals surface area contributed by atoms with Crippen molar-refractivity contribution >= 4 is 28.3 Å². The first kappa shape index (κ1) is 20.5. The number of nitriles is 1. The third kappa shape index (κ3) is 3.70. The van der Waals surface area contributed by atoms with Crippen molar-refractivity contribution in [1.82, 2.24) is 20.8 Å². The molecule has 0 saturated carbocycles. The minimum Gasteiger partial charge on any atom is -0.370 e. The van der Waals surface area contributed by atoms with Crippen molar-refractivity contribution in [2.75, 3.05) is 23.3 Å². The Bertz CT molecular complexity index is 1200. The van der Waals surface area contributed by atoms with Crippen LogP contribution in [0.25, 0.3) is 22.3 Å². The molecule has 0 spiro atoms. The van der Waals surface area contributed by atoms with Crippen molar-refractivity contribution in [3.05, 3.63) is 42.1 Å². The average Bonchev–Trinajstić information content (AvgIpc) is 3.54. The first-order valence-electron chi connectivity index (χ1n) is 11.1.